The van der Waals surface area contributed by atoms with Crippen LogP contribution < -0.4 is 5.32 Å². The number of carbonyl (C=O) groups excluding carboxylic acids is 1. The Bertz CT molecular complexity index is 520. The molecular formula is C12H12N4O2. The first-order valence-electron chi connectivity index (χ1n) is 5.68. The van der Waals surface area contributed by atoms with Crippen LogP contribution in [0.1, 0.15) is 10.4 Å². The van der Waals surface area contributed by atoms with E-state index in [1.807, 2.05) is 0 Å². The molecule has 1 amide bonds. The molecule has 1 aliphatic rings. The van der Waals surface area contributed by atoms with Crippen LogP contribution in [0.25, 0.3) is 0 Å². The van der Waals surface area contributed by atoms with E-state index in [4.69, 9.17) is 4.42 Å². The van der Waals surface area contributed by atoms with Gasteiger partial charge in [0.25, 0.3) is 5.91 Å². The van der Waals surface area contributed by atoms with Gasteiger partial charge in [0, 0.05) is 25.5 Å². The van der Waals surface area contributed by atoms with E-state index in [1.54, 1.807) is 29.4 Å². The minimum absolute atomic E-state index is 0.00391. The van der Waals surface area contributed by atoms with Crippen LogP contribution in [0.15, 0.2) is 41.5 Å². The summed E-state index contributed by atoms with van der Waals surface area (Å²) in [5, 5.41) is 3.17. The standard InChI is InChI=1S/C12H12N4O2/c17-11(9-2-5-18-8-9)16-6-10(7-16)15-12-13-3-1-4-14-12/h1-5,8,10H,6-7H2,(H,13,14,15). The minimum Gasteiger partial charge on any atom is -0.472 e. The molecule has 0 saturated carbocycles. The largest absolute Gasteiger partial charge is 0.472 e. The maximum absolute atomic E-state index is 11.9. The van der Waals surface area contributed by atoms with Gasteiger partial charge in [-0.3, -0.25) is 4.79 Å². The topological polar surface area (TPSA) is 71.3 Å². The second-order valence-corrected chi connectivity index (χ2v) is 4.14. The highest BCUT2D eigenvalue weighted by atomic mass is 16.3. The molecule has 0 bridgehead atoms. The van der Waals surface area contributed by atoms with E-state index in [0.29, 0.717) is 24.6 Å². The number of hydrogen-bond acceptors (Lipinski definition) is 5. The van der Waals surface area contributed by atoms with E-state index in [0.717, 1.165) is 0 Å². The molecule has 18 heavy (non-hydrogen) atoms. The molecule has 6 heteroatoms. The molecule has 2 aromatic heterocycles. The third-order valence-corrected chi connectivity index (χ3v) is 2.84. The Hall–Kier alpha value is -2.37. The zero-order valence-corrected chi connectivity index (χ0v) is 9.61. The van der Waals surface area contributed by atoms with E-state index in [1.165, 1.54) is 12.5 Å². The second-order valence-electron chi connectivity index (χ2n) is 4.14. The second kappa shape index (κ2) is 4.48. The molecule has 6 nitrogen and oxygen atoms in total. The molecular weight excluding hydrogens is 232 g/mol. The molecule has 1 saturated heterocycles. The van der Waals surface area contributed by atoms with Crippen molar-refractivity contribution in [1.29, 1.82) is 0 Å². The van der Waals surface area contributed by atoms with Gasteiger partial charge in [-0.05, 0) is 12.1 Å². The van der Waals surface area contributed by atoms with Crippen LogP contribution in [0.5, 0.6) is 0 Å². The molecule has 0 unspecified atom stereocenters. The molecule has 1 N–H and O–H groups in total. The third-order valence-electron chi connectivity index (χ3n) is 2.84. The molecule has 3 rings (SSSR count). The predicted octanol–water partition coefficient (Wildman–Crippen LogP) is 1.01. The number of nitrogens with zero attached hydrogens (tertiary/aromatic N) is 3. The highest BCUT2D eigenvalue weighted by Crippen LogP contribution is 2.16. The number of anilines is 1. The van der Waals surface area contributed by atoms with Crippen molar-refractivity contribution >= 4 is 11.9 Å². The van der Waals surface area contributed by atoms with Gasteiger partial charge in [0.1, 0.15) is 6.26 Å². The summed E-state index contributed by atoms with van der Waals surface area (Å²) in [6, 6.07) is 3.65. The van der Waals surface area contributed by atoms with Gasteiger partial charge in [0.05, 0.1) is 17.9 Å². The SMILES string of the molecule is O=C(c1ccoc1)N1CC(Nc2ncccn2)C1. The number of rotatable bonds is 3. The van der Waals surface area contributed by atoms with E-state index in [9.17, 15) is 4.79 Å². The molecule has 2 aromatic rings. The first-order chi connectivity index (χ1) is 8.83. The van der Waals surface area contributed by atoms with Crippen molar-refractivity contribution in [2.24, 2.45) is 0 Å². The number of likely N-dealkylation sites (tertiary alicyclic amines) is 1. The Morgan fingerprint density at radius 2 is 2.17 bits per heavy atom. The van der Waals surface area contributed by atoms with E-state index in [2.05, 4.69) is 15.3 Å². The minimum atomic E-state index is -0.00391. The summed E-state index contributed by atoms with van der Waals surface area (Å²) in [5.41, 5.74) is 0.587. The Labute approximate surface area is 104 Å². The summed E-state index contributed by atoms with van der Waals surface area (Å²) in [5.74, 6) is 0.591. The molecule has 0 radical (unpaired) electrons. The van der Waals surface area contributed by atoms with Crippen LogP contribution in [0.2, 0.25) is 0 Å². The molecule has 3 heterocycles. The number of hydrogen-bond donors (Lipinski definition) is 1. The zero-order valence-electron chi connectivity index (χ0n) is 9.61. The van der Waals surface area contributed by atoms with E-state index in [-0.39, 0.29) is 11.9 Å². The summed E-state index contributed by atoms with van der Waals surface area (Å²) in [6.45, 7) is 1.31. The Balaban J connectivity index is 1.53. The fourth-order valence-corrected chi connectivity index (χ4v) is 1.86. The van der Waals surface area contributed by atoms with Crippen molar-refractivity contribution in [1.82, 2.24) is 14.9 Å². The molecule has 0 aliphatic carbocycles. The van der Waals surface area contributed by atoms with Crippen LogP contribution in [0, 0.1) is 0 Å². The first kappa shape index (κ1) is 10.8. The van der Waals surface area contributed by atoms with Crippen LogP contribution in [-0.2, 0) is 0 Å². The fraction of sp³-hybridized carbons (Fsp3) is 0.250. The average molecular weight is 244 g/mol. The maximum atomic E-state index is 11.9. The van der Waals surface area contributed by atoms with Crippen LogP contribution >= 0.6 is 0 Å². The molecule has 92 valence electrons. The maximum Gasteiger partial charge on any atom is 0.257 e. The van der Waals surface area contributed by atoms with Gasteiger partial charge in [0.2, 0.25) is 5.95 Å². The average Bonchev–Trinajstić information content (AvgIpc) is 2.87. The van der Waals surface area contributed by atoms with Gasteiger partial charge < -0.3 is 14.6 Å². The molecule has 0 spiro atoms. The summed E-state index contributed by atoms with van der Waals surface area (Å²) >= 11 is 0. The molecule has 0 atom stereocenters. The summed E-state index contributed by atoms with van der Waals surface area (Å²) < 4.78 is 4.89. The quantitative estimate of drug-likeness (QED) is 0.872. The monoisotopic (exact) mass is 244 g/mol. The first-order valence-corrected chi connectivity index (χ1v) is 5.68. The lowest BCUT2D eigenvalue weighted by atomic mass is 10.1. The van der Waals surface area contributed by atoms with Gasteiger partial charge in [-0.15, -0.1) is 0 Å². The van der Waals surface area contributed by atoms with Gasteiger partial charge in [-0.25, -0.2) is 9.97 Å². The molecule has 0 aromatic carbocycles. The van der Waals surface area contributed by atoms with E-state index < -0.39 is 0 Å². The lowest BCUT2D eigenvalue weighted by molar-refractivity contribution is 0.0624. The third kappa shape index (κ3) is 2.04. The number of nitrogens with one attached hydrogen (secondary N) is 1. The van der Waals surface area contributed by atoms with Crippen LogP contribution in [-0.4, -0.2) is 39.9 Å². The van der Waals surface area contributed by atoms with Crippen molar-refractivity contribution in [3.8, 4) is 0 Å². The Kier molecular flexibility index (Phi) is 2.68. The van der Waals surface area contributed by atoms with Gasteiger partial charge in [-0.2, -0.15) is 0 Å². The van der Waals surface area contributed by atoms with Crippen LogP contribution in [0.4, 0.5) is 5.95 Å². The highest BCUT2D eigenvalue weighted by Gasteiger charge is 2.31. The van der Waals surface area contributed by atoms with Crippen molar-refractivity contribution in [2.45, 2.75) is 6.04 Å². The lowest BCUT2D eigenvalue weighted by Crippen LogP contribution is -2.57. The number of aromatic nitrogens is 2. The Morgan fingerprint density at radius 1 is 1.39 bits per heavy atom. The summed E-state index contributed by atoms with van der Waals surface area (Å²) in [6.07, 6.45) is 6.33. The highest BCUT2D eigenvalue weighted by molar-refractivity contribution is 5.94. The number of furan rings is 1. The van der Waals surface area contributed by atoms with Crippen molar-refractivity contribution in [3.63, 3.8) is 0 Å². The summed E-state index contributed by atoms with van der Waals surface area (Å²) in [7, 11) is 0. The Morgan fingerprint density at radius 3 is 2.83 bits per heavy atom. The van der Waals surface area contributed by atoms with E-state index >= 15 is 0 Å². The van der Waals surface area contributed by atoms with Gasteiger partial charge in [-0.1, -0.05) is 0 Å². The number of carbonyl (C=O) groups is 1. The molecule has 1 aliphatic heterocycles. The molecule has 1 fully saturated rings. The van der Waals surface area contributed by atoms with Gasteiger partial charge >= 0.3 is 0 Å². The summed E-state index contributed by atoms with van der Waals surface area (Å²) in [4.78, 5) is 21.8. The van der Waals surface area contributed by atoms with Gasteiger partial charge in [0.15, 0.2) is 0 Å². The number of amides is 1. The van der Waals surface area contributed by atoms with Crippen molar-refractivity contribution < 1.29 is 9.21 Å². The normalized spacial score (nSPS) is 15.2. The lowest BCUT2D eigenvalue weighted by Gasteiger charge is -2.39. The predicted molar refractivity (Wildman–Crippen MR) is 64.1 cm³/mol. The van der Waals surface area contributed by atoms with Crippen molar-refractivity contribution in [3.05, 3.63) is 42.6 Å². The van der Waals surface area contributed by atoms with Crippen molar-refractivity contribution in [2.75, 3.05) is 18.4 Å². The zero-order chi connectivity index (χ0) is 12.4. The smallest absolute Gasteiger partial charge is 0.257 e. The van der Waals surface area contributed by atoms with Crippen LogP contribution in [0.3, 0.4) is 0 Å². The fourth-order valence-electron chi connectivity index (χ4n) is 1.86.